The van der Waals surface area contributed by atoms with Crippen LogP contribution in [0.5, 0.6) is 0 Å². The Morgan fingerprint density at radius 1 is 1.35 bits per heavy atom. The van der Waals surface area contributed by atoms with E-state index in [1.807, 2.05) is 6.07 Å². The van der Waals surface area contributed by atoms with Crippen molar-refractivity contribution in [3.8, 4) is 6.07 Å². The molecule has 2 aromatic rings. The second-order valence-electron chi connectivity index (χ2n) is 3.81. The lowest BCUT2D eigenvalue weighted by atomic mass is 10.2. The van der Waals surface area contributed by atoms with E-state index in [1.165, 1.54) is 23.0 Å². The predicted octanol–water partition coefficient (Wildman–Crippen LogP) is 3.50. The molecule has 0 saturated carbocycles. The minimum absolute atomic E-state index is 0.0472. The van der Waals surface area contributed by atoms with Crippen molar-refractivity contribution in [2.45, 2.75) is 0 Å². The Morgan fingerprint density at radius 3 is 2.65 bits per heavy atom. The van der Waals surface area contributed by atoms with E-state index in [-0.39, 0.29) is 32.0 Å². The van der Waals surface area contributed by atoms with Crippen LogP contribution in [-0.4, -0.2) is 15.7 Å². The number of aromatic nitrogens is 2. The number of halogens is 3. The number of carbonyl (C=O) groups excluding carboxylic acids is 1. The van der Waals surface area contributed by atoms with Gasteiger partial charge in [-0.2, -0.15) is 10.4 Å². The summed E-state index contributed by atoms with van der Waals surface area (Å²) in [6.07, 6.45) is 1.34. The smallest absolute Gasteiger partial charge is 0.259 e. The molecule has 1 aromatic carbocycles. The fourth-order valence-corrected chi connectivity index (χ4v) is 2.27. The van der Waals surface area contributed by atoms with E-state index in [4.69, 9.17) is 40.1 Å². The Morgan fingerprint density at radius 2 is 2.00 bits per heavy atom. The maximum Gasteiger partial charge on any atom is 0.259 e. The highest BCUT2D eigenvalue weighted by Crippen LogP contribution is 2.32. The Bertz CT molecular complexity index is 733. The highest BCUT2D eigenvalue weighted by atomic mass is 35.5. The highest BCUT2D eigenvalue weighted by Gasteiger charge is 2.20. The average molecular weight is 330 g/mol. The van der Waals surface area contributed by atoms with Gasteiger partial charge in [0.05, 0.1) is 26.8 Å². The van der Waals surface area contributed by atoms with Crippen molar-refractivity contribution in [1.82, 2.24) is 9.78 Å². The molecule has 8 heteroatoms. The van der Waals surface area contributed by atoms with Crippen LogP contribution in [0.2, 0.25) is 15.1 Å². The summed E-state index contributed by atoms with van der Waals surface area (Å²) >= 11 is 17.8. The first-order valence-electron chi connectivity index (χ1n) is 5.32. The van der Waals surface area contributed by atoms with E-state index >= 15 is 0 Å². The molecule has 2 rings (SSSR count). The molecule has 1 heterocycles. The van der Waals surface area contributed by atoms with Crippen molar-refractivity contribution in [2.24, 2.45) is 7.05 Å². The SMILES string of the molecule is Cn1ncc(C#N)c1NC(=O)c1c(Cl)ccc(Cl)c1Cl. The van der Waals surface area contributed by atoms with Gasteiger partial charge in [0, 0.05) is 7.05 Å². The van der Waals surface area contributed by atoms with Gasteiger partial charge >= 0.3 is 0 Å². The molecule has 5 nitrogen and oxygen atoms in total. The van der Waals surface area contributed by atoms with Gasteiger partial charge < -0.3 is 5.32 Å². The molecular weight excluding hydrogens is 323 g/mol. The molecule has 1 aromatic heterocycles. The lowest BCUT2D eigenvalue weighted by Crippen LogP contribution is -2.16. The highest BCUT2D eigenvalue weighted by molar-refractivity contribution is 6.46. The van der Waals surface area contributed by atoms with Crippen LogP contribution in [-0.2, 0) is 7.05 Å². The summed E-state index contributed by atoms with van der Waals surface area (Å²) in [6, 6.07) is 4.89. The molecular formula is C12H7Cl3N4O. The molecule has 1 amide bonds. The van der Waals surface area contributed by atoms with Gasteiger partial charge in [-0.3, -0.25) is 9.48 Å². The van der Waals surface area contributed by atoms with Gasteiger partial charge in [-0.1, -0.05) is 34.8 Å². The fraction of sp³-hybridized carbons (Fsp3) is 0.0833. The van der Waals surface area contributed by atoms with Crippen LogP contribution in [0.4, 0.5) is 5.82 Å². The van der Waals surface area contributed by atoms with Crippen molar-refractivity contribution in [2.75, 3.05) is 5.32 Å². The zero-order valence-electron chi connectivity index (χ0n) is 10.1. The second-order valence-corrected chi connectivity index (χ2v) is 5.01. The van der Waals surface area contributed by atoms with Gasteiger partial charge in [0.25, 0.3) is 5.91 Å². The van der Waals surface area contributed by atoms with Crippen LogP contribution in [0.15, 0.2) is 18.3 Å². The predicted molar refractivity (Wildman–Crippen MR) is 77.3 cm³/mol. The Balaban J connectivity index is 2.42. The van der Waals surface area contributed by atoms with Crippen molar-refractivity contribution in [3.05, 3.63) is 44.5 Å². The molecule has 0 radical (unpaired) electrons. The van der Waals surface area contributed by atoms with Crippen molar-refractivity contribution in [3.63, 3.8) is 0 Å². The van der Waals surface area contributed by atoms with E-state index in [2.05, 4.69) is 10.4 Å². The molecule has 0 aliphatic heterocycles. The maximum atomic E-state index is 12.2. The molecule has 0 bridgehead atoms. The van der Waals surface area contributed by atoms with Gasteiger partial charge in [0.1, 0.15) is 17.5 Å². The average Bonchev–Trinajstić information content (AvgIpc) is 2.75. The van der Waals surface area contributed by atoms with Crippen LogP contribution in [0, 0.1) is 11.3 Å². The number of nitrogens with one attached hydrogen (secondary N) is 1. The number of benzene rings is 1. The van der Waals surface area contributed by atoms with E-state index in [0.717, 1.165) is 0 Å². The molecule has 20 heavy (non-hydrogen) atoms. The van der Waals surface area contributed by atoms with Gasteiger partial charge in [-0.15, -0.1) is 0 Å². The monoisotopic (exact) mass is 328 g/mol. The lowest BCUT2D eigenvalue weighted by molar-refractivity contribution is 0.102. The van der Waals surface area contributed by atoms with Crippen molar-refractivity contribution >= 4 is 46.5 Å². The van der Waals surface area contributed by atoms with E-state index in [0.29, 0.717) is 0 Å². The minimum atomic E-state index is -0.567. The van der Waals surface area contributed by atoms with Gasteiger partial charge in [0.15, 0.2) is 0 Å². The summed E-state index contributed by atoms with van der Waals surface area (Å²) in [7, 11) is 1.59. The van der Waals surface area contributed by atoms with Gasteiger partial charge in [-0.25, -0.2) is 0 Å². The third-order valence-corrected chi connectivity index (χ3v) is 3.68. The molecule has 0 unspecified atom stereocenters. The lowest BCUT2D eigenvalue weighted by Gasteiger charge is -2.10. The third-order valence-electron chi connectivity index (χ3n) is 2.56. The van der Waals surface area contributed by atoms with Crippen LogP contribution in [0.1, 0.15) is 15.9 Å². The number of aryl methyl sites for hydroxylation is 1. The number of hydrogen-bond donors (Lipinski definition) is 1. The standard InChI is InChI=1S/C12H7Cl3N4O/c1-19-11(6(4-16)5-17-19)18-12(20)9-7(13)2-3-8(14)10(9)15/h2-3,5H,1H3,(H,18,20). The van der Waals surface area contributed by atoms with Crippen molar-refractivity contribution in [1.29, 1.82) is 5.26 Å². The Kier molecular flexibility index (Phi) is 4.19. The third kappa shape index (κ3) is 2.59. The quantitative estimate of drug-likeness (QED) is 0.857. The maximum absolute atomic E-state index is 12.2. The molecule has 102 valence electrons. The topological polar surface area (TPSA) is 70.7 Å². The fourth-order valence-electron chi connectivity index (χ4n) is 1.57. The zero-order chi connectivity index (χ0) is 14.9. The Hall–Kier alpha value is -1.74. The van der Waals surface area contributed by atoms with Gasteiger partial charge in [0.2, 0.25) is 0 Å². The first-order valence-corrected chi connectivity index (χ1v) is 6.46. The summed E-state index contributed by atoms with van der Waals surface area (Å²) in [4.78, 5) is 12.2. The number of carbonyl (C=O) groups is 1. The van der Waals surface area contributed by atoms with Gasteiger partial charge in [-0.05, 0) is 12.1 Å². The molecule has 0 aliphatic rings. The summed E-state index contributed by atoms with van der Waals surface area (Å²) in [5.74, 6) is -0.313. The molecule has 0 fully saturated rings. The van der Waals surface area contributed by atoms with E-state index in [1.54, 1.807) is 7.05 Å². The number of hydrogen-bond acceptors (Lipinski definition) is 3. The molecule has 0 aliphatic carbocycles. The first-order chi connectivity index (χ1) is 9.45. The minimum Gasteiger partial charge on any atom is -0.306 e. The van der Waals surface area contributed by atoms with E-state index in [9.17, 15) is 4.79 Å². The summed E-state index contributed by atoms with van der Waals surface area (Å²) in [5, 5.41) is 15.8. The largest absolute Gasteiger partial charge is 0.306 e. The normalized spacial score (nSPS) is 10.2. The number of anilines is 1. The number of rotatable bonds is 2. The summed E-state index contributed by atoms with van der Waals surface area (Å²) in [5.41, 5.74) is 0.279. The van der Waals surface area contributed by atoms with Crippen LogP contribution in [0.25, 0.3) is 0 Å². The number of amides is 1. The summed E-state index contributed by atoms with van der Waals surface area (Å²) in [6.45, 7) is 0. The van der Waals surface area contributed by atoms with Crippen LogP contribution < -0.4 is 5.32 Å². The zero-order valence-corrected chi connectivity index (χ0v) is 12.4. The summed E-state index contributed by atoms with van der Waals surface area (Å²) < 4.78 is 1.36. The number of nitriles is 1. The molecule has 0 spiro atoms. The van der Waals surface area contributed by atoms with E-state index < -0.39 is 5.91 Å². The van der Waals surface area contributed by atoms with Crippen LogP contribution in [0.3, 0.4) is 0 Å². The molecule has 1 N–H and O–H groups in total. The van der Waals surface area contributed by atoms with Crippen LogP contribution >= 0.6 is 34.8 Å². The first kappa shape index (κ1) is 14.7. The number of nitrogens with zero attached hydrogens (tertiary/aromatic N) is 3. The molecule has 0 saturated heterocycles. The Labute approximate surface area is 129 Å². The second kappa shape index (κ2) is 5.71. The van der Waals surface area contributed by atoms with Crippen molar-refractivity contribution < 1.29 is 4.79 Å². The molecule has 0 atom stereocenters.